The topological polar surface area (TPSA) is 61.7 Å². The van der Waals surface area contributed by atoms with Gasteiger partial charge in [0.15, 0.2) is 5.11 Å². The largest absolute Gasteiger partial charge is 0.346 e. The Balaban J connectivity index is 1.49. The Morgan fingerprint density at radius 2 is 1.85 bits per heavy atom. The van der Waals surface area contributed by atoms with E-state index in [4.69, 9.17) is 12.2 Å². The molecule has 1 fully saturated rings. The number of nitrogens with zero attached hydrogens (tertiary/aromatic N) is 3. The Morgan fingerprint density at radius 3 is 2.46 bits per heavy atom. The fourth-order valence-electron chi connectivity index (χ4n) is 2.87. The molecule has 0 radical (unpaired) electrons. The zero-order valence-electron chi connectivity index (χ0n) is 14.1. The van der Waals surface area contributed by atoms with Crippen LogP contribution in [0, 0.1) is 15.9 Å². The van der Waals surface area contributed by atoms with Gasteiger partial charge in [0.2, 0.25) is 0 Å². The Labute approximate surface area is 156 Å². The van der Waals surface area contributed by atoms with Gasteiger partial charge in [0.25, 0.3) is 5.69 Å². The van der Waals surface area contributed by atoms with Crippen LogP contribution in [0.1, 0.15) is 5.56 Å². The van der Waals surface area contributed by atoms with Crippen LogP contribution in [-0.2, 0) is 6.54 Å². The molecule has 0 atom stereocenters. The number of halogens is 1. The highest BCUT2D eigenvalue weighted by atomic mass is 32.1. The fraction of sp³-hybridized carbons (Fsp3) is 0.278. The number of hydrogen-bond donors (Lipinski definition) is 1. The number of hydrogen-bond acceptors (Lipinski definition) is 4. The zero-order chi connectivity index (χ0) is 18.5. The average Bonchev–Trinajstić information content (AvgIpc) is 2.63. The van der Waals surface area contributed by atoms with Crippen molar-refractivity contribution in [3.63, 3.8) is 0 Å². The summed E-state index contributed by atoms with van der Waals surface area (Å²) in [5.41, 5.74) is 1.74. The molecular weight excluding hydrogens is 355 g/mol. The van der Waals surface area contributed by atoms with E-state index in [2.05, 4.69) is 15.1 Å². The molecule has 0 saturated carbocycles. The molecule has 1 aliphatic heterocycles. The number of thiocarbonyl (C=S) groups is 1. The molecule has 26 heavy (non-hydrogen) atoms. The third kappa shape index (κ3) is 4.74. The number of nitro groups is 1. The fourth-order valence-corrected chi connectivity index (χ4v) is 3.17. The van der Waals surface area contributed by atoms with Crippen molar-refractivity contribution in [1.82, 2.24) is 9.80 Å². The Hall–Kier alpha value is -2.58. The molecule has 0 bridgehead atoms. The van der Waals surface area contributed by atoms with Crippen LogP contribution >= 0.6 is 12.2 Å². The molecule has 8 heteroatoms. The number of piperazine rings is 1. The number of rotatable bonds is 4. The van der Waals surface area contributed by atoms with Gasteiger partial charge in [-0.25, -0.2) is 4.39 Å². The summed E-state index contributed by atoms with van der Waals surface area (Å²) in [7, 11) is 0. The van der Waals surface area contributed by atoms with E-state index in [1.807, 2.05) is 6.07 Å². The molecule has 1 heterocycles. The molecule has 3 rings (SSSR count). The molecule has 0 aromatic heterocycles. The molecule has 0 amide bonds. The average molecular weight is 374 g/mol. The maximum absolute atomic E-state index is 13.3. The summed E-state index contributed by atoms with van der Waals surface area (Å²) >= 11 is 5.44. The first kappa shape index (κ1) is 18.2. The van der Waals surface area contributed by atoms with Crippen molar-refractivity contribution in [2.75, 3.05) is 31.5 Å². The van der Waals surface area contributed by atoms with Crippen molar-refractivity contribution in [2.45, 2.75) is 6.54 Å². The first-order valence-corrected chi connectivity index (χ1v) is 8.69. The lowest BCUT2D eigenvalue weighted by Crippen LogP contribution is -2.49. The number of non-ortho nitro benzene ring substituents is 1. The number of nitrogens with one attached hydrogen (secondary N) is 1. The van der Waals surface area contributed by atoms with Gasteiger partial charge in [-0.3, -0.25) is 15.0 Å². The van der Waals surface area contributed by atoms with Gasteiger partial charge in [-0.15, -0.1) is 0 Å². The minimum absolute atomic E-state index is 0.0485. The minimum Gasteiger partial charge on any atom is -0.346 e. The highest BCUT2D eigenvalue weighted by Crippen LogP contribution is 2.16. The summed E-state index contributed by atoms with van der Waals surface area (Å²) in [5.74, 6) is -0.213. The van der Waals surface area contributed by atoms with Crippen molar-refractivity contribution in [3.05, 3.63) is 70.0 Å². The molecule has 1 saturated heterocycles. The van der Waals surface area contributed by atoms with Crippen LogP contribution in [0.2, 0.25) is 0 Å². The van der Waals surface area contributed by atoms with Crippen LogP contribution in [0.25, 0.3) is 0 Å². The summed E-state index contributed by atoms with van der Waals surface area (Å²) in [4.78, 5) is 14.6. The first-order valence-electron chi connectivity index (χ1n) is 8.28. The molecule has 1 aliphatic rings. The van der Waals surface area contributed by atoms with Gasteiger partial charge in [0.1, 0.15) is 5.82 Å². The lowest BCUT2D eigenvalue weighted by molar-refractivity contribution is -0.384. The molecule has 2 aromatic carbocycles. The maximum Gasteiger partial charge on any atom is 0.269 e. The lowest BCUT2D eigenvalue weighted by atomic mass is 10.2. The van der Waals surface area contributed by atoms with Gasteiger partial charge < -0.3 is 10.2 Å². The van der Waals surface area contributed by atoms with Gasteiger partial charge in [-0.2, -0.15) is 0 Å². The second-order valence-electron chi connectivity index (χ2n) is 6.13. The highest BCUT2D eigenvalue weighted by molar-refractivity contribution is 7.80. The summed E-state index contributed by atoms with van der Waals surface area (Å²) in [6, 6.07) is 12.8. The van der Waals surface area contributed by atoms with E-state index in [1.54, 1.807) is 24.3 Å². The van der Waals surface area contributed by atoms with Crippen LogP contribution in [0.4, 0.5) is 15.8 Å². The Morgan fingerprint density at radius 1 is 1.15 bits per heavy atom. The number of benzene rings is 2. The van der Waals surface area contributed by atoms with Crippen LogP contribution < -0.4 is 5.32 Å². The summed E-state index contributed by atoms with van der Waals surface area (Å²) < 4.78 is 13.3. The van der Waals surface area contributed by atoms with Gasteiger partial charge in [-0.05, 0) is 42.0 Å². The van der Waals surface area contributed by atoms with Crippen molar-refractivity contribution in [3.8, 4) is 0 Å². The molecular formula is C18H19FN4O2S. The van der Waals surface area contributed by atoms with E-state index >= 15 is 0 Å². The molecule has 0 spiro atoms. The van der Waals surface area contributed by atoms with E-state index in [1.165, 1.54) is 18.2 Å². The highest BCUT2D eigenvalue weighted by Gasteiger charge is 2.19. The quantitative estimate of drug-likeness (QED) is 0.504. The monoisotopic (exact) mass is 374 g/mol. The van der Waals surface area contributed by atoms with Crippen LogP contribution in [0.3, 0.4) is 0 Å². The Bertz CT molecular complexity index is 792. The van der Waals surface area contributed by atoms with Gasteiger partial charge in [-0.1, -0.05) is 12.1 Å². The van der Waals surface area contributed by atoms with Crippen LogP contribution in [0.15, 0.2) is 48.5 Å². The minimum atomic E-state index is -0.431. The smallest absolute Gasteiger partial charge is 0.269 e. The number of nitro benzene ring substituents is 1. The summed E-state index contributed by atoms with van der Waals surface area (Å²) in [5, 5.41) is 14.4. The number of anilines is 1. The molecule has 6 nitrogen and oxygen atoms in total. The predicted molar refractivity (Wildman–Crippen MR) is 103 cm³/mol. The molecule has 2 aromatic rings. The van der Waals surface area contributed by atoms with E-state index in [0.29, 0.717) is 11.7 Å². The van der Waals surface area contributed by atoms with E-state index in [-0.39, 0.29) is 11.5 Å². The SMILES string of the molecule is O=[N+]([O-])c1ccc(NC(=S)N2CCN(Cc3cccc(F)c3)CC2)cc1. The molecule has 0 aliphatic carbocycles. The van der Waals surface area contributed by atoms with Gasteiger partial charge in [0.05, 0.1) is 4.92 Å². The van der Waals surface area contributed by atoms with Crippen molar-refractivity contribution >= 4 is 28.7 Å². The molecule has 0 unspecified atom stereocenters. The first-order chi connectivity index (χ1) is 12.5. The van der Waals surface area contributed by atoms with Gasteiger partial charge >= 0.3 is 0 Å². The lowest BCUT2D eigenvalue weighted by Gasteiger charge is -2.36. The van der Waals surface area contributed by atoms with E-state index < -0.39 is 4.92 Å². The maximum atomic E-state index is 13.3. The molecule has 136 valence electrons. The van der Waals surface area contributed by atoms with E-state index in [0.717, 1.165) is 37.4 Å². The van der Waals surface area contributed by atoms with E-state index in [9.17, 15) is 14.5 Å². The summed E-state index contributed by atoms with van der Waals surface area (Å²) in [6.07, 6.45) is 0. The van der Waals surface area contributed by atoms with Crippen molar-refractivity contribution < 1.29 is 9.31 Å². The van der Waals surface area contributed by atoms with Gasteiger partial charge in [0, 0.05) is 50.5 Å². The van der Waals surface area contributed by atoms with Crippen molar-refractivity contribution in [2.24, 2.45) is 0 Å². The standard InChI is InChI=1S/C18H19FN4O2S/c19-15-3-1-2-14(12-15)13-21-8-10-22(11-9-21)18(26)20-16-4-6-17(7-5-16)23(24)25/h1-7,12H,8-11,13H2,(H,20,26). The van der Waals surface area contributed by atoms with Crippen LogP contribution in [-0.4, -0.2) is 46.0 Å². The third-order valence-electron chi connectivity index (χ3n) is 4.28. The second kappa shape index (κ2) is 8.20. The van der Waals surface area contributed by atoms with Crippen LogP contribution in [0.5, 0.6) is 0 Å². The Kier molecular flexibility index (Phi) is 5.75. The zero-order valence-corrected chi connectivity index (χ0v) is 14.9. The molecule has 1 N–H and O–H groups in total. The summed E-state index contributed by atoms with van der Waals surface area (Å²) in [6.45, 7) is 3.92. The normalized spacial score (nSPS) is 14.9. The van der Waals surface area contributed by atoms with Crippen molar-refractivity contribution in [1.29, 1.82) is 0 Å². The second-order valence-corrected chi connectivity index (χ2v) is 6.51. The third-order valence-corrected chi connectivity index (χ3v) is 4.64. The predicted octanol–water partition coefficient (Wildman–Crippen LogP) is 3.25.